The van der Waals surface area contributed by atoms with E-state index in [1.807, 2.05) is 12.1 Å². The van der Waals surface area contributed by atoms with E-state index in [9.17, 15) is 13.2 Å². The average molecular weight is 264 g/mol. The molecule has 0 radical (unpaired) electrons. The molecule has 2 atom stereocenters. The van der Waals surface area contributed by atoms with Crippen LogP contribution >= 0.6 is 11.6 Å². The Hall–Kier alpha value is -0.740. The standard InChI is InChI=1S/C12H13ClF3N/c13-10-4-1-8(2-5-10)9-3-6-11(17-7-9)12(14,15)16/h1-2,4-5,9,11,17H,3,6-7H2/t9-,11+/m1/s1. The molecule has 0 unspecified atom stereocenters. The lowest BCUT2D eigenvalue weighted by molar-refractivity contribution is -0.160. The Morgan fingerprint density at radius 1 is 1.12 bits per heavy atom. The molecule has 1 aliphatic heterocycles. The lowest BCUT2D eigenvalue weighted by Gasteiger charge is -2.31. The molecule has 0 saturated carbocycles. The summed E-state index contributed by atoms with van der Waals surface area (Å²) >= 11 is 5.77. The van der Waals surface area contributed by atoms with E-state index in [0.717, 1.165) is 5.56 Å². The SMILES string of the molecule is FC(F)(F)[C@@H]1CC[C@@H](c2ccc(Cl)cc2)CN1. The molecule has 1 heterocycles. The fourth-order valence-corrected chi connectivity index (χ4v) is 2.28. The van der Waals surface area contributed by atoms with Crippen molar-refractivity contribution < 1.29 is 13.2 Å². The Morgan fingerprint density at radius 2 is 1.76 bits per heavy atom. The Morgan fingerprint density at radius 3 is 2.24 bits per heavy atom. The van der Waals surface area contributed by atoms with Crippen LogP contribution in [0.25, 0.3) is 0 Å². The summed E-state index contributed by atoms with van der Waals surface area (Å²) in [6, 6.07) is 5.94. The molecule has 17 heavy (non-hydrogen) atoms. The number of halogens is 4. The minimum atomic E-state index is -4.13. The van der Waals surface area contributed by atoms with Crippen LogP contribution in [0.15, 0.2) is 24.3 Å². The number of hydrogen-bond donors (Lipinski definition) is 1. The minimum absolute atomic E-state index is 0.136. The van der Waals surface area contributed by atoms with Crippen molar-refractivity contribution in [3.63, 3.8) is 0 Å². The first kappa shape index (κ1) is 12.7. The molecule has 0 amide bonds. The molecule has 0 aliphatic carbocycles. The first-order valence-corrected chi connectivity index (χ1v) is 5.90. The number of alkyl halides is 3. The Balaban J connectivity index is 1.97. The van der Waals surface area contributed by atoms with E-state index in [-0.39, 0.29) is 12.3 Å². The van der Waals surface area contributed by atoms with Crippen molar-refractivity contribution in [3.8, 4) is 0 Å². The van der Waals surface area contributed by atoms with Crippen LogP contribution in [-0.4, -0.2) is 18.8 Å². The highest BCUT2D eigenvalue weighted by atomic mass is 35.5. The summed E-state index contributed by atoms with van der Waals surface area (Å²) in [5.74, 6) is 0.144. The van der Waals surface area contributed by atoms with Crippen molar-refractivity contribution in [2.24, 2.45) is 0 Å². The van der Waals surface area contributed by atoms with Crippen LogP contribution in [-0.2, 0) is 0 Å². The van der Waals surface area contributed by atoms with Gasteiger partial charge in [0.2, 0.25) is 0 Å². The maximum atomic E-state index is 12.4. The Bertz CT molecular complexity index is 366. The lowest BCUT2D eigenvalue weighted by Crippen LogP contribution is -2.47. The van der Waals surface area contributed by atoms with Crippen molar-refractivity contribution in [1.82, 2.24) is 5.32 Å². The summed E-state index contributed by atoms with van der Waals surface area (Å²) in [4.78, 5) is 0. The van der Waals surface area contributed by atoms with Gasteiger partial charge in [-0.2, -0.15) is 13.2 Å². The first-order valence-electron chi connectivity index (χ1n) is 5.52. The summed E-state index contributed by atoms with van der Waals surface area (Å²) in [5, 5.41) is 3.21. The third-order valence-corrected chi connectivity index (χ3v) is 3.40. The minimum Gasteiger partial charge on any atom is -0.306 e. The molecule has 0 spiro atoms. The molecule has 1 nitrogen and oxygen atoms in total. The van der Waals surface area contributed by atoms with Gasteiger partial charge in [-0.15, -0.1) is 0 Å². The average Bonchev–Trinajstić information content (AvgIpc) is 2.29. The highest BCUT2D eigenvalue weighted by Gasteiger charge is 2.41. The molecule has 2 rings (SSSR count). The normalized spacial score (nSPS) is 25.9. The van der Waals surface area contributed by atoms with Crippen molar-refractivity contribution in [2.75, 3.05) is 6.54 Å². The zero-order chi connectivity index (χ0) is 12.5. The van der Waals surface area contributed by atoms with E-state index in [1.165, 1.54) is 0 Å². The maximum Gasteiger partial charge on any atom is 0.403 e. The third kappa shape index (κ3) is 3.13. The Labute approximate surface area is 103 Å². The van der Waals surface area contributed by atoms with Crippen LogP contribution in [0, 0.1) is 0 Å². The number of rotatable bonds is 1. The van der Waals surface area contributed by atoms with Gasteiger partial charge in [0.05, 0.1) is 0 Å². The quantitative estimate of drug-likeness (QED) is 0.814. The summed E-state index contributed by atoms with van der Waals surface area (Å²) in [6.45, 7) is 0.367. The summed E-state index contributed by atoms with van der Waals surface area (Å²) in [7, 11) is 0. The molecule has 1 aromatic rings. The summed E-state index contributed by atoms with van der Waals surface area (Å²) in [6.07, 6.45) is -3.44. The van der Waals surface area contributed by atoms with Gasteiger partial charge in [0.15, 0.2) is 0 Å². The van der Waals surface area contributed by atoms with Crippen molar-refractivity contribution >= 4 is 11.6 Å². The van der Waals surface area contributed by atoms with Crippen molar-refractivity contribution in [1.29, 1.82) is 0 Å². The predicted octanol–water partition coefficient (Wildman–Crippen LogP) is 3.74. The third-order valence-electron chi connectivity index (χ3n) is 3.15. The van der Waals surface area contributed by atoms with Gasteiger partial charge in [-0.1, -0.05) is 23.7 Å². The van der Waals surface area contributed by atoms with Crippen LogP contribution in [0.4, 0.5) is 13.2 Å². The van der Waals surface area contributed by atoms with E-state index in [2.05, 4.69) is 5.32 Å². The van der Waals surface area contributed by atoms with Crippen LogP contribution in [0.2, 0.25) is 5.02 Å². The highest BCUT2D eigenvalue weighted by Crippen LogP contribution is 2.32. The van der Waals surface area contributed by atoms with Gasteiger partial charge in [0.25, 0.3) is 0 Å². The van der Waals surface area contributed by atoms with E-state index in [0.29, 0.717) is 18.0 Å². The molecular weight excluding hydrogens is 251 g/mol. The van der Waals surface area contributed by atoms with Gasteiger partial charge < -0.3 is 5.32 Å². The van der Waals surface area contributed by atoms with Gasteiger partial charge in [0.1, 0.15) is 6.04 Å². The number of benzene rings is 1. The molecule has 1 fully saturated rings. The second-order valence-electron chi connectivity index (χ2n) is 4.33. The van der Waals surface area contributed by atoms with Crippen molar-refractivity contribution in [2.45, 2.75) is 31.0 Å². The van der Waals surface area contributed by atoms with Crippen LogP contribution in [0.1, 0.15) is 24.3 Å². The molecule has 5 heteroatoms. The molecule has 1 aromatic carbocycles. The van der Waals surface area contributed by atoms with E-state index >= 15 is 0 Å². The number of nitrogens with one attached hydrogen (secondary N) is 1. The molecule has 1 N–H and O–H groups in total. The molecule has 1 saturated heterocycles. The summed E-state index contributed by atoms with van der Waals surface area (Å²) in [5.41, 5.74) is 1.04. The number of piperidine rings is 1. The predicted molar refractivity (Wildman–Crippen MR) is 61.3 cm³/mol. The van der Waals surface area contributed by atoms with E-state index in [1.54, 1.807) is 12.1 Å². The largest absolute Gasteiger partial charge is 0.403 e. The second-order valence-corrected chi connectivity index (χ2v) is 4.76. The van der Waals surface area contributed by atoms with Gasteiger partial charge >= 0.3 is 6.18 Å². The summed E-state index contributed by atoms with van der Waals surface area (Å²) < 4.78 is 37.3. The van der Waals surface area contributed by atoms with Gasteiger partial charge in [-0.25, -0.2) is 0 Å². The molecule has 1 aliphatic rings. The zero-order valence-corrected chi connectivity index (χ0v) is 9.85. The van der Waals surface area contributed by atoms with Crippen LogP contribution in [0.5, 0.6) is 0 Å². The Kier molecular flexibility index (Phi) is 3.64. The van der Waals surface area contributed by atoms with Gasteiger partial charge in [-0.3, -0.25) is 0 Å². The van der Waals surface area contributed by atoms with Gasteiger partial charge in [0, 0.05) is 11.6 Å². The van der Waals surface area contributed by atoms with Crippen LogP contribution in [0.3, 0.4) is 0 Å². The van der Waals surface area contributed by atoms with Crippen LogP contribution < -0.4 is 5.32 Å². The molecule has 0 aromatic heterocycles. The monoisotopic (exact) mass is 263 g/mol. The topological polar surface area (TPSA) is 12.0 Å². The smallest absolute Gasteiger partial charge is 0.306 e. The zero-order valence-electron chi connectivity index (χ0n) is 9.10. The highest BCUT2D eigenvalue weighted by molar-refractivity contribution is 6.30. The number of hydrogen-bond acceptors (Lipinski definition) is 1. The second kappa shape index (κ2) is 4.86. The fraction of sp³-hybridized carbons (Fsp3) is 0.500. The first-order chi connectivity index (χ1) is 7.97. The van der Waals surface area contributed by atoms with Crippen molar-refractivity contribution in [3.05, 3.63) is 34.9 Å². The maximum absolute atomic E-state index is 12.4. The molecular formula is C12H13ClF3N. The molecule has 0 bridgehead atoms. The van der Waals surface area contributed by atoms with E-state index < -0.39 is 12.2 Å². The lowest BCUT2D eigenvalue weighted by atomic mass is 9.88. The molecule has 94 valence electrons. The van der Waals surface area contributed by atoms with Gasteiger partial charge in [-0.05, 0) is 36.5 Å². The fourth-order valence-electron chi connectivity index (χ4n) is 2.16. The van der Waals surface area contributed by atoms with E-state index in [4.69, 9.17) is 11.6 Å².